The van der Waals surface area contributed by atoms with Crippen molar-refractivity contribution in [2.24, 2.45) is 0 Å². The minimum atomic E-state index is -0.0458. The van der Waals surface area contributed by atoms with Crippen LogP contribution in [0.1, 0.15) is 5.56 Å². The van der Waals surface area contributed by atoms with Gasteiger partial charge in [-0.25, -0.2) is 0 Å². The molecule has 0 radical (unpaired) electrons. The van der Waals surface area contributed by atoms with Gasteiger partial charge in [0.15, 0.2) is 0 Å². The Balaban J connectivity index is 1.72. The van der Waals surface area contributed by atoms with E-state index in [-0.39, 0.29) is 18.6 Å². The highest BCUT2D eigenvalue weighted by Crippen LogP contribution is 2.27. The smallest absolute Gasteiger partial charge is 0.234 e. The first kappa shape index (κ1) is 13.8. The molecule has 0 saturated carbocycles. The lowest BCUT2D eigenvalue weighted by atomic mass is 10.1. The lowest BCUT2D eigenvalue weighted by molar-refractivity contribution is -0.122. The van der Waals surface area contributed by atoms with Gasteiger partial charge in [-0.05, 0) is 18.7 Å². The second-order valence-electron chi connectivity index (χ2n) is 4.82. The fourth-order valence-corrected chi connectivity index (χ4v) is 2.15. The van der Waals surface area contributed by atoms with E-state index in [2.05, 4.69) is 5.32 Å². The molecule has 0 bridgehead atoms. The maximum Gasteiger partial charge on any atom is 0.234 e. The molecule has 0 aromatic heterocycles. The normalized spacial score (nSPS) is 17.1. The van der Waals surface area contributed by atoms with Crippen LogP contribution in [0.15, 0.2) is 24.3 Å². The number of benzene rings is 1. The highest BCUT2D eigenvalue weighted by molar-refractivity contribution is 5.78. The first-order valence-electron chi connectivity index (χ1n) is 6.49. The fraction of sp³-hybridized carbons (Fsp3) is 0.500. The van der Waals surface area contributed by atoms with E-state index < -0.39 is 0 Å². The van der Waals surface area contributed by atoms with Crippen LogP contribution in [-0.4, -0.2) is 55.3 Å². The number of likely N-dealkylation sites (N-methyl/N-ethyl adjacent to an activating group) is 1. The molecule has 2 rings (SSSR count). The Bertz CT molecular complexity index is 411. The number of aliphatic hydroxyl groups is 1. The molecule has 1 aromatic carbocycles. The summed E-state index contributed by atoms with van der Waals surface area (Å²) in [5, 5.41) is 11.6. The van der Waals surface area contributed by atoms with Crippen molar-refractivity contribution < 1.29 is 14.6 Å². The van der Waals surface area contributed by atoms with Crippen molar-refractivity contribution in [1.29, 1.82) is 0 Å². The van der Waals surface area contributed by atoms with Gasteiger partial charge in [-0.3, -0.25) is 9.69 Å². The number of ether oxygens (including phenoxy) is 1. The second-order valence-corrected chi connectivity index (χ2v) is 4.82. The van der Waals surface area contributed by atoms with E-state index in [1.54, 1.807) is 11.9 Å². The molecule has 0 spiro atoms. The SMILES string of the molecule is CN(CCO)CC(=O)NCC1Cc2ccccc2O1. The summed E-state index contributed by atoms with van der Waals surface area (Å²) in [5.74, 6) is 0.870. The topological polar surface area (TPSA) is 61.8 Å². The number of rotatable bonds is 6. The van der Waals surface area contributed by atoms with E-state index in [0.29, 0.717) is 19.6 Å². The molecule has 0 fully saturated rings. The van der Waals surface area contributed by atoms with Crippen molar-refractivity contribution in [2.45, 2.75) is 12.5 Å². The maximum absolute atomic E-state index is 11.7. The molecule has 0 saturated heterocycles. The summed E-state index contributed by atoms with van der Waals surface area (Å²) in [5.41, 5.74) is 1.19. The lowest BCUT2D eigenvalue weighted by Crippen LogP contribution is -2.40. The van der Waals surface area contributed by atoms with Crippen molar-refractivity contribution in [3.63, 3.8) is 0 Å². The van der Waals surface area contributed by atoms with Crippen LogP contribution in [0.25, 0.3) is 0 Å². The zero-order valence-corrected chi connectivity index (χ0v) is 11.1. The van der Waals surface area contributed by atoms with E-state index >= 15 is 0 Å². The summed E-state index contributed by atoms with van der Waals surface area (Å²) in [4.78, 5) is 13.4. The molecule has 1 aliphatic heterocycles. The summed E-state index contributed by atoms with van der Waals surface area (Å²) in [6.07, 6.45) is 0.854. The third-order valence-electron chi connectivity index (χ3n) is 3.14. The number of aliphatic hydroxyl groups excluding tert-OH is 1. The Labute approximate surface area is 113 Å². The Hall–Kier alpha value is -1.59. The minimum Gasteiger partial charge on any atom is -0.488 e. The van der Waals surface area contributed by atoms with E-state index in [1.165, 1.54) is 5.56 Å². The molecular weight excluding hydrogens is 244 g/mol. The van der Waals surface area contributed by atoms with Gasteiger partial charge in [0.25, 0.3) is 0 Å². The fourth-order valence-electron chi connectivity index (χ4n) is 2.15. The van der Waals surface area contributed by atoms with Gasteiger partial charge < -0.3 is 15.2 Å². The van der Waals surface area contributed by atoms with Crippen molar-refractivity contribution in [3.8, 4) is 5.75 Å². The summed E-state index contributed by atoms with van der Waals surface area (Å²) in [7, 11) is 1.80. The minimum absolute atomic E-state index is 0.0181. The van der Waals surface area contributed by atoms with E-state index in [0.717, 1.165) is 12.2 Å². The molecule has 5 nitrogen and oxygen atoms in total. The molecule has 1 aliphatic rings. The number of para-hydroxylation sites is 1. The molecule has 1 heterocycles. The number of hydrogen-bond acceptors (Lipinski definition) is 4. The van der Waals surface area contributed by atoms with Gasteiger partial charge in [-0.1, -0.05) is 18.2 Å². The number of hydrogen-bond donors (Lipinski definition) is 2. The standard InChI is InChI=1S/C14H20N2O3/c1-16(6-7-17)10-14(18)15-9-12-8-11-4-2-3-5-13(11)19-12/h2-5,12,17H,6-10H2,1H3,(H,15,18). The summed E-state index contributed by atoms with van der Waals surface area (Å²) in [6, 6.07) is 7.94. The molecule has 104 valence electrons. The highest BCUT2D eigenvalue weighted by atomic mass is 16.5. The Morgan fingerprint density at radius 3 is 3.05 bits per heavy atom. The van der Waals surface area contributed by atoms with Gasteiger partial charge in [-0.2, -0.15) is 0 Å². The predicted octanol–water partition coefficient (Wildman–Crippen LogP) is 0.0304. The number of nitrogens with zero attached hydrogens (tertiary/aromatic N) is 1. The zero-order chi connectivity index (χ0) is 13.7. The molecular formula is C14H20N2O3. The largest absolute Gasteiger partial charge is 0.488 e. The first-order chi connectivity index (χ1) is 9.19. The van der Waals surface area contributed by atoms with Crippen LogP contribution in [0.4, 0.5) is 0 Å². The highest BCUT2D eigenvalue weighted by Gasteiger charge is 2.22. The van der Waals surface area contributed by atoms with Gasteiger partial charge >= 0.3 is 0 Å². The average Bonchev–Trinajstić information content (AvgIpc) is 2.79. The van der Waals surface area contributed by atoms with Crippen LogP contribution in [0.3, 0.4) is 0 Å². The number of nitrogens with one attached hydrogen (secondary N) is 1. The summed E-state index contributed by atoms with van der Waals surface area (Å²) >= 11 is 0. The second kappa shape index (κ2) is 6.54. The van der Waals surface area contributed by atoms with Crippen molar-refractivity contribution >= 4 is 5.91 Å². The van der Waals surface area contributed by atoms with Gasteiger partial charge in [0.1, 0.15) is 11.9 Å². The molecule has 2 N–H and O–H groups in total. The van der Waals surface area contributed by atoms with Crippen molar-refractivity contribution in [3.05, 3.63) is 29.8 Å². The molecule has 19 heavy (non-hydrogen) atoms. The van der Waals surface area contributed by atoms with Crippen LogP contribution in [0.2, 0.25) is 0 Å². The third kappa shape index (κ3) is 3.94. The van der Waals surface area contributed by atoms with E-state index in [9.17, 15) is 4.79 Å². The predicted molar refractivity (Wildman–Crippen MR) is 72.2 cm³/mol. The number of amides is 1. The number of fused-ring (bicyclic) bond motifs is 1. The molecule has 5 heteroatoms. The Morgan fingerprint density at radius 2 is 2.32 bits per heavy atom. The zero-order valence-electron chi connectivity index (χ0n) is 11.1. The molecule has 1 aromatic rings. The molecule has 0 aliphatic carbocycles. The van der Waals surface area contributed by atoms with Crippen LogP contribution in [0.5, 0.6) is 5.75 Å². The molecule has 1 unspecified atom stereocenters. The lowest BCUT2D eigenvalue weighted by Gasteiger charge is -2.16. The van der Waals surface area contributed by atoms with E-state index in [1.807, 2.05) is 24.3 Å². The summed E-state index contributed by atoms with van der Waals surface area (Å²) in [6.45, 7) is 1.37. The van der Waals surface area contributed by atoms with Crippen molar-refractivity contribution in [1.82, 2.24) is 10.2 Å². The average molecular weight is 264 g/mol. The number of carbonyl (C=O) groups excluding carboxylic acids is 1. The number of carbonyl (C=O) groups is 1. The van der Waals surface area contributed by atoms with Crippen LogP contribution >= 0.6 is 0 Å². The van der Waals surface area contributed by atoms with Gasteiger partial charge in [0.2, 0.25) is 5.91 Å². The van der Waals surface area contributed by atoms with Crippen LogP contribution < -0.4 is 10.1 Å². The molecule has 1 amide bonds. The maximum atomic E-state index is 11.7. The van der Waals surface area contributed by atoms with E-state index in [4.69, 9.17) is 9.84 Å². The Morgan fingerprint density at radius 1 is 1.53 bits per heavy atom. The first-order valence-corrected chi connectivity index (χ1v) is 6.49. The molecule has 1 atom stereocenters. The van der Waals surface area contributed by atoms with Gasteiger partial charge in [0, 0.05) is 13.0 Å². The quantitative estimate of drug-likeness (QED) is 0.761. The summed E-state index contributed by atoms with van der Waals surface area (Å²) < 4.78 is 5.74. The van der Waals surface area contributed by atoms with Crippen LogP contribution in [0, 0.1) is 0 Å². The third-order valence-corrected chi connectivity index (χ3v) is 3.14. The monoisotopic (exact) mass is 264 g/mol. The van der Waals surface area contributed by atoms with Crippen molar-refractivity contribution in [2.75, 3.05) is 33.3 Å². The van der Waals surface area contributed by atoms with Crippen LogP contribution in [-0.2, 0) is 11.2 Å². The Kier molecular flexibility index (Phi) is 4.76. The van der Waals surface area contributed by atoms with Gasteiger partial charge in [-0.15, -0.1) is 0 Å². The van der Waals surface area contributed by atoms with Gasteiger partial charge in [0.05, 0.1) is 19.7 Å².